The number of allylic oxidation sites excluding steroid dienone is 5. The Morgan fingerprint density at radius 1 is 1.00 bits per heavy atom. The third-order valence-electron chi connectivity index (χ3n) is 10.6. The number of unbranched alkanes of at least 4 members (excludes halogenated alkanes) is 6. The van der Waals surface area contributed by atoms with Gasteiger partial charge < -0.3 is 4.74 Å². The predicted octanol–water partition coefficient (Wildman–Crippen LogP) is 11.3. The Labute approximate surface area is 242 Å². The number of esters is 1. The fourth-order valence-electron chi connectivity index (χ4n) is 8.07. The Bertz CT molecular complexity index is 845. The lowest BCUT2D eigenvalue weighted by Gasteiger charge is -2.43. The Morgan fingerprint density at radius 2 is 1.74 bits per heavy atom. The molecule has 1 saturated carbocycles. The topological polar surface area (TPSA) is 26.3 Å². The molecule has 0 saturated heterocycles. The molecule has 3 rings (SSSR count). The van der Waals surface area contributed by atoms with Crippen LogP contribution in [-0.2, 0) is 9.53 Å². The largest absolute Gasteiger partial charge is 0.462 e. The number of fused-ring (bicyclic) bond motifs is 1. The fourth-order valence-corrected chi connectivity index (χ4v) is 8.07. The number of hydrogen-bond donors (Lipinski definition) is 0. The van der Waals surface area contributed by atoms with Gasteiger partial charge in [-0.15, -0.1) is 0 Å². The van der Waals surface area contributed by atoms with Crippen LogP contribution in [0.5, 0.6) is 0 Å². The molecule has 0 heterocycles. The standard InChI is InChI=1S/C37H62O2/c1-7-8-9-10-11-12-13-19-36(38)39-33-23-20-29(4)32(27-33)22-21-31-18-15-26-37(6)34(24-25-35(31)37)30(5)17-14-16-28(2)3/h18,21-22,28,30,33-35H,7-17,19-20,23-27H2,1-6H3/b22-21+/t30-,33+,34-,35+,37-/m1/s1. The maximum Gasteiger partial charge on any atom is 0.306 e. The number of ether oxygens (including phenoxy) is 1. The second-order valence-corrected chi connectivity index (χ2v) is 14.2. The van der Waals surface area contributed by atoms with Gasteiger partial charge in [0.1, 0.15) is 6.10 Å². The van der Waals surface area contributed by atoms with Crippen molar-refractivity contribution in [3.63, 3.8) is 0 Å². The van der Waals surface area contributed by atoms with E-state index >= 15 is 0 Å². The lowest BCUT2D eigenvalue weighted by Crippen LogP contribution is -2.35. The van der Waals surface area contributed by atoms with E-state index in [4.69, 9.17) is 4.74 Å². The van der Waals surface area contributed by atoms with Gasteiger partial charge in [0.2, 0.25) is 0 Å². The molecule has 1 fully saturated rings. The Kier molecular flexibility index (Phi) is 13.4. The highest BCUT2D eigenvalue weighted by molar-refractivity contribution is 5.69. The molecule has 0 radical (unpaired) electrons. The second kappa shape index (κ2) is 16.2. The highest BCUT2D eigenvalue weighted by Gasteiger charge is 2.49. The summed E-state index contributed by atoms with van der Waals surface area (Å²) in [5.41, 5.74) is 4.92. The predicted molar refractivity (Wildman–Crippen MR) is 168 cm³/mol. The highest BCUT2D eigenvalue weighted by Crippen LogP contribution is 2.58. The van der Waals surface area contributed by atoms with Crippen molar-refractivity contribution >= 4 is 5.97 Å². The molecule has 0 N–H and O–H groups in total. The van der Waals surface area contributed by atoms with Crippen molar-refractivity contribution in [1.82, 2.24) is 0 Å². The summed E-state index contributed by atoms with van der Waals surface area (Å²) in [4.78, 5) is 12.5. The van der Waals surface area contributed by atoms with E-state index in [-0.39, 0.29) is 12.1 Å². The minimum Gasteiger partial charge on any atom is -0.462 e. The third-order valence-corrected chi connectivity index (χ3v) is 10.6. The summed E-state index contributed by atoms with van der Waals surface area (Å²) < 4.78 is 5.96. The summed E-state index contributed by atoms with van der Waals surface area (Å²) in [6.07, 6.45) is 29.0. The van der Waals surface area contributed by atoms with E-state index in [1.165, 1.54) is 88.2 Å². The number of hydrogen-bond acceptors (Lipinski definition) is 2. The molecule has 2 heteroatoms. The number of carbonyl (C=O) groups is 1. The van der Waals surface area contributed by atoms with E-state index in [1.54, 1.807) is 5.57 Å². The molecule has 3 aliphatic rings. The molecule has 2 nitrogen and oxygen atoms in total. The zero-order valence-corrected chi connectivity index (χ0v) is 26.7. The first-order valence-corrected chi connectivity index (χ1v) is 17.0. The van der Waals surface area contributed by atoms with Crippen molar-refractivity contribution in [2.45, 2.75) is 163 Å². The zero-order valence-electron chi connectivity index (χ0n) is 26.7. The molecule has 222 valence electrons. The minimum atomic E-state index is 0.0155. The average molecular weight is 539 g/mol. The van der Waals surface area contributed by atoms with Crippen LogP contribution >= 0.6 is 0 Å². The smallest absolute Gasteiger partial charge is 0.306 e. The van der Waals surface area contributed by atoms with E-state index in [1.807, 2.05) is 0 Å². The summed E-state index contributed by atoms with van der Waals surface area (Å²) in [7, 11) is 0. The first-order chi connectivity index (χ1) is 18.7. The minimum absolute atomic E-state index is 0.0155. The third kappa shape index (κ3) is 9.64. The van der Waals surface area contributed by atoms with Crippen LogP contribution < -0.4 is 0 Å². The van der Waals surface area contributed by atoms with Gasteiger partial charge in [-0.25, -0.2) is 0 Å². The zero-order chi connectivity index (χ0) is 28.3. The second-order valence-electron chi connectivity index (χ2n) is 14.2. The van der Waals surface area contributed by atoms with E-state index in [2.05, 4.69) is 59.8 Å². The summed E-state index contributed by atoms with van der Waals surface area (Å²) in [5, 5.41) is 0. The van der Waals surface area contributed by atoms with Gasteiger partial charge in [0, 0.05) is 12.8 Å². The summed E-state index contributed by atoms with van der Waals surface area (Å²) in [5.74, 6) is 3.25. The lowest BCUT2D eigenvalue weighted by molar-refractivity contribution is -0.149. The Hall–Kier alpha value is -1.31. The molecule has 0 aromatic carbocycles. The van der Waals surface area contributed by atoms with Gasteiger partial charge in [0.25, 0.3) is 0 Å². The Morgan fingerprint density at radius 3 is 2.49 bits per heavy atom. The molecule has 0 aromatic heterocycles. The van der Waals surface area contributed by atoms with Crippen LogP contribution in [0.1, 0.15) is 157 Å². The molecule has 0 aliphatic heterocycles. The van der Waals surface area contributed by atoms with Crippen LogP contribution in [0.2, 0.25) is 0 Å². The van der Waals surface area contributed by atoms with Crippen molar-refractivity contribution in [3.8, 4) is 0 Å². The normalized spacial score (nSPS) is 28.2. The SMILES string of the molecule is CCCCCCCCCC(=O)O[C@H]1CCC(C)=C(/C=C/C2=CCC[C@]3(C)[C@@H]([C@H](C)CCCC(C)C)CC[C@@H]23)C1. The van der Waals surface area contributed by atoms with Gasteiger partial charge in [0.15, 0.2) is 0 Å². The van der Waals surface area contributed by atoms with Crippen LogP contribution in [0.3, 0.4) is 0 Å². The van der Waals surface area contributed by atoms with Gasteiger partial charge in [-0.05, 0) is 92.1 Å². The number of rotatable bonds is 16. The monoisotopic (exact) mass is 538 g/mol. The van der Waals surface area contributed by atoms with Crippen molar-refractivity contribution in [2.24, 2.45) is 29.1 Å². The van der Waals surface area contributed by atoms with Gasteiger partial charge in [-0.2, -0.15) is 0 Å². The molecule has 0 spiro atoms. The summed E-state index contributed by atoms with van der Waals surface area (Å²) in [6.45, 7) is 14.4. The Balaban J connectivity index is 1.49. The quantitative estimate of drug-likeness (QED) is 0.144. The molecule has 0 aromatic rings. The van der Waals surface area contributed by atoms with Crippen molar-refractivity contribution < 1.29 is 9.53 Å². The molecular formula is C37H62O2. The van der Waals surface area contributed by atoms with Crippen LogP contribution in [0.25, 0.3) is 0 Å². The first kappa shape index (κ1) is 32.2. The molecule has 0 bridgehead atoms. The first-order valence-electron chi connectivity index (χ1n) is 17.0. The van der Waals surface area contributed by atoms with Crippen LogP contribution in [0.4, 0.5) is 0 Å². The van der Waals surface area contributed by atoms with Crippen LogP contribution in [0, 0.1) is 29.1 Å². The maximum atomic E-state index is 12.5. The lowest BCUT2D eigenvalue weighted by atomic mass is 9.62. The number of carbonyl (C=O) groups excluding carboxylic acids is 1. The molecule has 5 atom stereocenters. The fraction of sp³-hybridized carbons (Fsp3) is 0.811. The van der Waals surface area contributed by atoms with Gasteiger partial charge in [-0.1, -0.05) is 116 Å². The molecule has 39 heavy (non-hydrogen) atoms. The molecular weight excluding hydrogens is 476 g/mol. The highest BCUT2D eigenvalue weighted by atomic mass is 16.5. The maximum absolute atomic E-state index is 12.5. The van der Waals surface area contributed by atoms with Crippen molar-refractivity contribution in [3.05, 3.63) is 34.9 Å². The van der Waals surface area contributed by atoms with Gasteiger partial charge in [0.05, 0.1) is 0 Å². The van der Waals surface area contributed by atoms with E-state index in [9.17, 15) is 4.79 Å². The van der Waals surface area contributed by atoms with Gasteiger partial charge in [-0.3, -0.25) is 4.79 Å². The summed E-state index contributed by atoms with van der Waals surface area (Å²) in [6, 6.07) is 0. The average Bonchev–Trinajstić information content (AvgIpc) is 3.25. The van der Waals surface area contributed by atoms with Crippen molar-refractivity contribution in [1.29, 1.82) is 0 Å². The van der Waals surface area contributed by atoms with E-state index < -0.39 is 0 Å². The van der Waals surface area contributed by atoms with Crippen LogP contribution in [-0.4, -0.2) is 12.1 Å². The van der Waals surface area contributed by atoms with E-state index in [0.717, 1.165) is 49.9 Å². The molecule has 0 amide bonds. The van der Waals surface area contributed by atoms with Gasteiger partial charge >= 0.3 is 5.97 Å². The van der Waals surface area contributed by atoms with E-state index in [0.29, 0.717) is 17.8 Å². The van der Waals surface area contributed by atoms with Crippen molar-refractivity contribution in [2.75, 3.05) is 0 Å². The van der Waals surface area contributed by atoms with Crippen LogP contribution in [0.15, 0.2) is 34.9 Å². The molecule has 3 aliphatic carbocycles. The summed E-state index contributed by atoms with van der Waals surface area (Å²) >= 11 is 0. The molecule has 0 unspecified atom stereocenters.